The third-order valence-electron chi connectivity index (χ3n) is 2.64. The maximum Gasteiger partial charge on any atom is 0.321 e. The number of hydrogen-bond acceptors (Lipinski definition) is 3. The molecule has 1 unspecified atom stereocenters. The number of hydrogen-bond donors (Lipinski definition) is 3. The van der Waals surface area contributed by atoms with E-state index in [1.165, 1.54) is 0 Å². The van der Waals surface area contributed by atoms with Crippen LogP contribution < -0.4 is 16.4 Å². The quantitative estimate of drug-likeness (QED) is 0.744. The van der Waals surface area contributed by atoms with Crippen molar-refractivity contribution in [1.29, 1.82) is 0 Å². The highest BCUT2D eigenvalue weighted by atomic mass is 16.2. The summed E-state index contributed by atoms with van der Waals surface area (Å²) in [5, 5.41) is 9.27. The zero-order valence-corrected chi connectivity index (χ0v) is 11.7. The Balaban J connectivity index is 2.61. The zero-order valence-electron chi connectivity index (χ0n) is 11.7. The van der Waals surface area contributed by atoms with Gasteiger partial charge < -0.3 is 11.1 Å². The molecular formula is C12H21N5O2. The molecule has 106 valence electrons. The number of anilines is 1. The van der Waals surface area contributed by atoms with Gasteiger partial charge >= 0.3 is 6.03 Å². The largest absolute Gasteiger partial charge is 0.368 e. The monoisotopic (exact) mass is 267 g/mol. The minimum absolute atomic E-state index is 0.0727. The molecule has 0 aliphatic carbocycles. The van der Waals surface area contributed by atoms with E-state index in [0.717, 1.165) is 0 Å². The topological polar surface area (TPSA) is 102 Å². The molecule has 1 aromatic rings. The molecule has 0 bridgehead atoms. The molecule has 3 amide bonds. The molecule has 1 atom stereocenters. The van der Waals surface area contributed by atoms with E-state index in [0.29, 0.717) is 5.82 Å². The van der Waals surface area contributed by atoms with Gasteiger partial charge in [0.15, 0.2) is 5.82 Å². The van der Waals surface area contributed by atoms with Gasteiger partial charge in [-0.25, -0.2) is 4.79 Å². The van der Waals surface area contributed by atoms with Gasteiger partial charge in [0, 0.05) is 18.3 Å². The number of aromatic nitrogens is 2. The normalized spacial score (nSPS) is 12.5. The van der Waals surface area contributed by atoms with E-state index in [1.54, 1.807) is 16.9 Å². The smallest absolute Gasteiger partial charge is 0.321 e. The number of nitrogens with one attached hydrogen (secondary N) is 2. The van der Waals surface area contributed by atoms with Gasteiger partial charge in [-0.2, -0.15) is 5.10 Å². The van der Waals surface area contributed by atoms with Crippen LogP contribution >= 0.6 is 0 Å². The van der Waals surface area contributed by atoms with Gasteiger partial charge in [-0.3, -0.25) is 14.8 Å². The third kappa shape index (κ3) is 4.27. The first kappa shape index (κ1) is 15.0. The van der Waals surface area contributed by atoms with Gasteiger partial charge in [-0.05, 0) is 19.8 Å². The summed E-state index contributed by atoms with van der Waals surface area (Å²) in [7, 11) is 0. The maximum absolute atomic E-state index is 11.7. The van der Waals surface area contributed by atoms with Crippen molar-refractivity contribution in [3.8, 4) is 0 Å². The minimum Gasteiger partial charge on any atom is -0.368 e. The molecule has 1 rings (SSSR count). The lowest BCUT2D eigenvalue weighted by Gasteiger charge is -2.18. The highest BCUT2D eigenvalue weighted by molar-refractivity contribution is 5.92. The Hall–Kier alpha value is -2.05. The molecule has 1 aromatic heterocycles. The Morgan fingerprint density at radius 1 is 1.32 bits per heavy atom. The van der Waals surface area contributed by atoms with Crippen LogP contribution in [-0.4, -0.2) is 27.8 Å². The van der Waals surface area contributed by atoms with Crippen LogP contribution in [0, 0.1) is 5.92 Å². The summed E-state index contributed by atoms with van der Waals surface area (Å²) in [5.41, 5.74) is 5.22. The predicted octanol–water partition coefficient (Wildman–Crippen LogP) is 1.10. The molecule has 0 spiro atoms. The first-order chi connectivity index (χ1) is 8.81. The maximum atomic E-state index is 11.7. The van der Waals surface area contributed by atoms with Crippen molar-refractivity contribution < 1.29 is 9.59 Å². The van der Waals surface area contributed by atoms with Gasteiger partial charge in [0.05, 0.1) is 0 Å². The molecule has 0 aliphatic heterocycles. The molecule has 7 nitrogen and oxygen atoms in total. The summed E-state index contributed by atoms with van der Waals surface area (Å²) < 4.78 is 1.73. The van der Waals surface area contributed by atoms with Crippen LogP contribution in [0.2, 0.25) is 0 Å². The summed E-state index contributed by atoms with van der Waals surface area (Å²) in [6, 6.07) is 0.708. The lowest BCUT2D eigenvalue weighted by molar-refractivity contribution is -0.120. The first-order valence-electron chi connectivity index (χ1n) is 6.23. The fourth-order valence-electron chi connectivity index (χ4n) is 1.55. The highest BCUT2D eigenvalue weighted by Crippen LogP contribution is 2.08. The molecule has 19 heavy (non-hydrogen) atoms. The Labute approximate surface area is 112 Å². The number of rotatable bonds is 5. The number of nitrogens with two attached hydrogens (primary N) is 1. The summed E-state index contributed by atoms with van der Waals surface area (Å²) in [4.78, 5) is 22.9. The van der Waals surface area contributed by atoms with Crippen LogP contribution in [0.4, 0.5) is 10.6 Å². The van der Waals surface area contributed by atoms with E-state index in [9.17, 15) is 9.59 Å². The van der Waals surface area contributed by atoms with Gasteiger partial charge in [0.1, 0.15) is 6.04 Å². The summed E-state index contributed by atoms with van der Waals surface area (Å²) in [5.74, 6) is -0.201. The van der Waals surface area contributed by atoms with E-state index in [2.05, 4.69) is 15.7 Å². The summed E-state index contributed by atoms with van der Waals surface area (Å²) in [6.07, 6.45) is 1.77. The molecule has 4 N–H and O–H groups in total. The second kappa shape index (κ2) is 6.21. The lowest BCUT2D eigenvalue weighted by Crippen LogP contribution is -2.49. The molecule has 1 heterocycles. The second-order valence-electron chi connectivity index (χ2n) is 5.00. The Morgan fingerprint density at radius 3 is 2.37 bits per heavy atom. The third-order valence-corrected chi connectivity index (χ3v) is 2.64. The number of amides is 3. The molecule has 0 saturated carbocycles. The first-order valence-corrected chi connectivity index (χ1v) is 6.23. The fraction of sp³-hybridized carbons (Fsp3) is 0.583. The van der Waals surface area contributed by atoms with Crippen molar-refractivity contribution in [2.24, 2.45) is 11.7 Å². The van der Waals surface area contributed by atoms with Crippen LogP contribution in [0.5, 0.6) is 0 Å². The van der Waals surface area contributed by atoms with Crippen molar-refractivity contribution >= 4 is 17.8 Å². The number of urea groups is 1. The highest BCUT2D eigenvalue weighted by Gasteiger charge is 2.21. The predicted molar refractivity (Wildman–Crippen MR) is 72.6 cm³/mol. The zero-order chi connectivity index (χ0) is 14.6. The molecular weight excluding hydrogens is 246 g/mol. The van der Waals surface area contributed by atoms with E-state index in [4.69, 9.17) is 5.73 Å². The molecule has 7 heteroatoms. The molecule has 0 aliphatic rings. The fourth-order valence-corrected chi connectivity index (χ4v) is 1.55. The molecule has 0 fully saturated rings. The average Bonchev–Trinajstić information content (AvgIpc) is 2.73. The van der Waals surface area contributed by atoms with E-state index >= 15 is 0 Å². The number of nitrogens with zero attached hydrogens (tertiary/aromatic N) is 2. The van der Waals surface area contributed by atoms with E-state index in [-0.39, 0.29) is 12.0 Å². The van der Waals surface area contributed by atoms with Crippen LogP contribution in [0.3, 0.4) is 0 Å². The lowest BCUT2D eigenvalue weighted by atomic mass is 10.0. The Bertz CT molecular complexity index is 453. The van der Waals surface area contributed by atoms with E-state index < -0.39 is 18.0 Å². The van der Waals surface area contributed by atoms with E-state index in [1.807, 2.05) is 27.7 Å². The van der Waals surface area contributed by atoms with Crippen molar-refractivity contribution in [3.63, 3.8) is 0 Å². The van der Waals surface area contributed by atoms with Crippen LogP contribution in [0.15, 0.2) is 12.3 Å². The van der Waals surface area contributed by atoms with Crippen molar-refractivity contribution in [3.05, 3.63) is 12.3 Å². The summed E-state index contributed by atoms with van der Waals surface area (Å²) in [6.45, 7) is 7.59. The average molecular weight is 267 g/mol. The number of primary amides is 1. The van der Waals surface area contributed by atoms with Crippen LogP contribution in [0.1, 0.15) is 33.7 Å². The molecule has 0 aromatic carbocycles. The van der Waals surface area contributed by atoms with Crippen LogP contribution in [0.25, 0.3) is 0 Å². The Kier molecular flexibility index (Phi) is 4.91. The molecule has 0 radical (unpaired) electrons. The van der Waals surface area contributed by atoms with Gasteiger partial charge in [-0.15, -0.1) is 0 Å². The summed E-state index contributed by atoms with van der Waals surface area (Å²) >= 11 is 0. The van der Waals surface area contributed by atoms with Crippen molar-refractivity contribution in [2.45, 2.75) is 39.8 Å². The van der Waals surface area contributed by atoms with Gasteiger partial charge in [0.25, 0.3) is 0 Å². The van der Waals surface area contributed by atoms with Gasteiger partial charge in [-0.1, -0.05) is 13.8 Å². The Morgan fingerprint density at radius 2 is 1.95 bits per heavy atom. The minimum atomic E-state index is -0.702. The number of carbonyl (C=O) groups is 2. The molecule has 0 saturated heterocycles. The van der Waals surface area contributed by atoms with Crippen molar-refractivity contribution in [2.75, 3.05) is 5.32 Å². The SMILES string of the molecule is CC(C)C(NC(=O)Nc1ccn(C(C)C)n1)C(N)=O. The van der Waals surface area contributed by atoms with Crippen LogP contribution in [-0.2, 0) is 4.79 Å². The van der Waals surface area contributed by atoms with Gasteiger partial charge in [0.2, 0.25) is 5.91 Å². The standard InChI is InChI=1S/C12H21N5O2/c1-7(2)10(11(13)18)15-12(19)14-9-5-6-17(16-9)8(3)4/h5-8,10H,1-4H3,(H2,13,18)(H2,14,15,16,19). The van der Waals surface area contributed by atoms with Crippen molar-refractivity contribution in [1.82, 2.24) is 15.1 Å². The number of carbonyl (C=O) groups excluding carboxylic acids is 2. The second-order valence-corrected chi connectivity index (χ2v) is 5.00.